The van der Waals surface area contributed by atoms with Gasteiger partial charge in [0.15, 0.2) is 5.76 Å². The van der Waals surface area contributed by atoms with Gasteiger partial charge >= 0.3 is 0 Å². The third-order valence-electron chi connectivity index (χ3n) is 2.95. The minimum Gasteiger partial charge on any atom is -0.459 e. The number of carbonyl (C=O) groups excluding carboxylic acids is 2. The smallest absolute Gasteiger partial charge is 0.286 e. The van der Waals surface area contributed by atoms with E-state index in [1.54, 1.807) is 24.1 Å². The van der Waals surface area contributed by atoms with Gasteiger partial charge in [0.2, 0.25) is 5.91 Å². The van der Waals surface area contributed by atoms with Gasteiger partial charge in [0, 0.05) is 33.2 Å². The Bertz CT molecular complexity index is 403. The molecule has 0 aliphatic heterocycles. The van der Waals surface area contributed by atoms with E-state index in [1.165, 1.54) is 6.26 Å². The summed E-state index contributed by atoms with van der Waals surface area (Å²) in [6.07, 6.45) is 4.25. The molecule has 1 aromatic heterocycles. The van der Waals surface area contributed by atoms with Gasteiger partial charge in [-0.3, -0.25) is 9.59 Å². The number of furan rings is 1. The highest BCUT2D eigenvalue weighted by molar-refractivity contribution is 5.91. The summed E-state index contributed by atoms with van der Waals surface area (Å²) in [5, 5.41) is 11.3. The summed E-state index contributed by atoms with van der Waals surface area (Å²) in [6, 6.07) is 3.21. The fourth-order valence-corrected chi connectivity index (χ4v) is 1.73. The second kappa shape index (κ2) is 9.14. The lowest BCUT2D eigenvalue weighted by Gasteiger charge is -2.17. The first-order valence-corrected chi connectivity index (χ1v) is 6.81. The van der Waals surface area contributed by atoms with Crippen molar-refractivity contribution in [3.63, 3.8) is 0 Å². The van der Waals surface area contributed by atoms with E-state index >= 15 is 0 Å². The van der Waals surface area contributed by atoms with E-state index in [0.717, 1.165) is 19.3 Å². The van der Waals surface area contributed by atoms with E-state index < -0.39 is 0 Å². The molecule has 2 N–H and O–H groups in total. The maximum Gasteiger partial charge on any atom is 0.286 e. The SMILES string of the molecule is CN(CCCCCO)C(=O)CCNC(=O)c1ccco1. The first-order valence-electron chi connectivity index (χ1n) is 6.81. The average molecular weight is 282 g/mol. The summed E-state index contributed by atoms with van der Waals surface area (Å²) in [4.78, 5) is 25.0. The van der Waals surface area contributed by atoms with Gasteiger partial charge < -0.3 is 19.7 Å². The van der Waals surface area contributed by atoms with Crippen LogP contribution in [0.15, 0.2) is 22.8 Å². The van der Waals surface area contributed by atoms with Crippen LogP contribution in [0.25, 0.3) is 0 Å². The zero-order chi connectivity index (χ0) is 14.8. The third kappa shape index (κ3) is 5.88. The Kier molecular flexibility index (Phi) is 7.42. The molecule has 0 bridgehead atoms. The van der Waals surface area contributed by atoms with Crippen LogP contribution in [0.2, 0.25) is 0 Å². The highest BCUT2D eigenvalue weighted by atomic mass is 16.3. The largest absolute Gasteiger partial charge is 0.459 e. The molecule has 6 heteroatoms. The quantitative estimate of drug-likeness (QED) is 0.662. The Morgan fingerprint density at radius 2 is 2.15 bits per heavy atom. The number of nitrogens with zero attached hydrogens (tertiary/aromatic N) is 1. The zero-order valence-electron chi connectivity index (χ0n) is 11.8. The second-order valence-electron chi connectivity index (χ2n) is 4.58. The topological polar surface area (TPSA) is 82.8 Å². The molecule has 0 aliphatic rings. The molecule has 2 amide bonds. The van der Waals surface area contributed by atoms with E-state index in [0.29, 0.717) is 13.1 Å². The van der Waals surface area contributed by atoms with Crippen LogP contribution in [0, 0.1) is 0 Å². The molecule has 0 atom stereocenters. The molecule has 0 saturated carbocycles. The summed E-state index contributed by atoms with van der Waals surface area (Å²) in [6.45, 7) is 1.15. The molecule has 112 valence electrons. The van der Waals surface area contributed by atoms with Crippen LogP contribution >= 0.6 is 0 Å². The lowest BCUT2D eigenvalue weighted by atomic mass is 10.2. The van der Waals surface area contributed by atoms with Crippen molar-refractivity contribution in [1.82, 2.24) is 10.2 Å². The van der Waals surface area contributed by atoms with Gasteiger partial charge in [-0.15, -0.1) is 0 Å². The van der Waals surface area contributed by atoms with Crippen LogP contribution in [0.5, 0.6) is 0 Å². The van der Waals surface area contributed by atoms with E-state index in [4.69, 9.17) is 9.52 Å². The number of hydrogen-bond acceptors (Lipinski definition) is 4. The lowest BCUT2D eigenvalue weighted by molar-refractivity contribution is -0.129. The van der Waals surface area contributed by atoms with Crippen LogP contribution in [-0.4, -0.2) is 48.6 Å². The molecule has 0 saturated heterocycles. The van der Waals surface area contributed by atoms with E-state index in [1.807, 2.05) is 0 Å². The number of aliphatic hydroxyl groups is 1. The summed E-state index contributed by atoms with van der Waals surface area (Å²) in [7, 11) is 1.75. The summed E-state index contributed by atoms with van der Waals surface area (Å²) >= 11 is 0. The molecule has 1 rings (SSSR count). The lowest BCUT2D eigenvalue weighted by Crippen LogP contribution is -2.32. The minimum atomic E-state index is -0.312. The summed E-state index contributed by atoms with van der Waals surface area (Å²) in [5.74, 6) is -0.0723. The molecule has 1 aromatic rings. The number of amides is 2. The maximum atomic E-state index is 11.8. The Balaban J connectivity index is 2.14. The molecule has 0 radical (unpaired) electrons. The van der Waals surface area contributed by atoms with Gasteiger partial charge in [-0.25, -0.2) is 0 Å². The van der Waals surface area contributed by atoms with E-state index in [9.17, 15) is 9.59 Å². The number of hydrogen-bond donors (Lipinski definition) is 2. The first kappa shape index (κ1) is 16.2. The van der Waals surface area contributed by atoms with Gasteiger partial charge in [-0.1, -0.05) is 0 Å². The fraction of sp³-hybridized carbons (Fsp3) is 0.571. The Morgan fingerprint density at radius 3 is 2.80 bits per heavy atom. The average Bonchev–Trinajstić information content (AvgIpc) is 2.97. The minimum absolute atomic E-state index is 0.00579. The Labute approximate surface area is 118 Å². The van der Waals surface area contributed by atoms with Crippen molar-refractivity contribution in [2.75, 3.05) is 26.7 Å². The maximum absolute atomic E-state index is 11.8. The van der Waals surface area contributed by atoms with Gasteiger partial charge in [0.25, 0.3) is 5.91 Å². The van der Waals surface area contributed by atoms with Gasteiger partial charge in [-0.05, 0) is 31.4 Å². The van der Waals surface area contributed by atoms with Gasteiger partial charge in [0.05, 0.1) is 6.26 Å². The number of aliphatic hydroxyl groups excluding tert-OH is 1. The summed E-state index contributed by atoms with van der Waals surface area (Å²) in [5.41, 5.74) is 0. The number of rotatable bonds is 9. The normalized spacial score (nSPS) is 10.3. The standard InChI is InChI=1S/C14H22N2O4/c1-16(9-3-2-4-10-17)13(18)7-8-15-14(19)12-6-5-11-20-12/h5-6,11,17H,2-4,7-10H2,1H3,(H,15,19). The van der Waals surface area contributed by atoms with Crippen LogP contribution in [0.3, 0.4) is 0 Å². The molecule has 1 heterocycles. The Morgan fingerprint density at radius 1 is 1.35 bits per heavy atom. The number of nitrogens with one attached hydrogen (secondary N) is 1. The third-order valence-corrected chi connectivity index (χ3v) is 2.95. The molecule has 0 aliphatic carbocycles. The van der Waals surface area contributed by atoms with Crippen molar-refractivity contribution in [2.24, 2.45) is 0 Å². The molecule has 20 heavy (non-hydrogen) atoms. The second-order valence-corrected chi connectivity index (χ2v) is 4.58. The van der Waals surface area contributed by atoms with E-state index in [2.05, 4.69) is 5.32 Å². The molecular weight excluding hydrogens is 260 g/mol. The summed E-state index contributed by atoms with van der Waals surface area (Å²) < 4.78 is 4.95. The monoisotopic (exact) mass is 282 g/mol. The fourth-order valence-electron chi connectivity index (χ4n) is 1.73. The molecule has 0 spiro atoms. The van der Waals surface area contributed by atoms with Crippen molar-refractivity contribution >= 4 is 11.8 Å². The molecular formula is C14H22N2O4. The van der Waals surface area contributed by atoms with Crippen LogP contribution < -0.4 is 5.32 Å². The number of carbonyl (C=O) groups is 2. The predicted molar refractivity (Wildman–Crippen MR) is 74.2 cm³/mol. The number of unbranched alkanes of at least 4 members (excludes halogenated alkanes) is 2. The first-order chi connectivity index (χ1) is 9.65. The van der Waals surface area contributed by atoms with Crippen molar-refractivity contribution in [3.8, 4) is 0 Å². The van der Waals surface area contributed by atoms with Crippen molar-refractivity contribution < 1.29 is 19.1 Å². The molecule has 0 fully saturated rings. The van der Waals surface area contributed by atoms with Crippen LogP contribution in [-0.2, 0) is 4.79 Å². The van der Waals surface area contributed by atoms with Crippen molar-refractivity contribution in [3.05, 3.63) is 24.2 Å². The zero-order valence-corrected chi connectivity index (χ0v) is 11.8. The van der Waals surface area contributed by atoms with Crippen LogP contribution in [0.4, 0.5) is 0 Å². The molecule has 0 aromatic carbocycles. The van der Waals surface area contributed by atoms with Crippen LogP contribution in [0.1, 0.15) is 36.2 Å². The molecule has 0 unspecified atom stereocenters. The van der Waals surface area contributed by atoms with Gasteiger partial charge in [0.1, 0.15) is 0 Å². The highest BCUT2D eigenvalue weighted by Crippen LogP contribution is 2.00. The highest BCUT2D eigenvalue weighted by Gasteiger charge is 2.11. The molecule has 6 nitrogen and oxygen atoms in total. The van der Waals surface area contributed by atoms with E-state index in [-0.39, 0.29) is 30.6 Å². The van der Waals surface area contributed by atoms with Crippen molar-refractivity contribution in [1.29, 1.82) is 0 Å². The Hall–Kier alpha value is -1.82. The van der Waals surface area contributed by atoms with Crippen molar-refractivity contribution in [2.45, 2.75) is 25.7 Å². The van der Waals surface area contributed by atoms with Gasteiger partial charge in [-0.2, -0.15) is 0 Å². The predicted octanol–water partition coefficient (Wildman–Crippen LogP) is 1.02.